The first-order chi connectivity index (χ1) is 15.6. The summed E-state index contributed by atoms with van der Waals surface area (Å²) >= 11 is 2.57. The van der Waals surface area contributed by atoms with Gasteiger partial charge in [0.1, 0.15) is 17.3 Å². The summed E-state index contributed by atoms with van der Waals surface area (Å²) in [6.45, 7) is 0. The van der Waals surface area contributed by atoms with Gasteiger partial charge in [0.25, 0.3) is 0 Å². The molecule has 0 atom stereocenters. The maximum Gasteiger partial charge on any atom is 0.236 e. The summed E-state index contributed by atoms with van der Waals surface area (Å²) in [6.07, 6.45) is 3.34. The Balaban J connectivity index is 1.42. The van der Waals surface area contributed by atoms with E-state index < -0.39 is 0 Å². The average Bonchev–Trinajstić information content (AvgIpc) is 3.47. The molecule has 2 aromatic carbocycles. The molecule has 0 saturated carbocycles. The molecule has 7 nitrogen and oxygen atoms in total. The van der Waals surface area contributed by atoms with Gasteiger partial charge in [-0.3, -0.25) is 9.36 Å². The molecule has 0 unspecified atom stereocenters. The van der Waals surface area contributed by atoms with Gasteiger partial charge in [-0.1, -0.05) is 17.8 Å². The normalized spacial score (nSPS) is 10.7. The number of nitrogens with zero attached hydrogens (tertiary/aromatic N) is 3. The Kier molecular flexibility index (Phi) is 6.72. The van der Waals surface area contributed by atoms with Crippen LogP contribution in [-0.4, -0.2) is 40.4 Å². The Bertz CT molecular complexity index is 1240. The molecule has 1 amide bonds. The molecule has 0 bridgehead atoms. The van der Waals surface area contributed by atoms with Crippen molar-refractivity contribution < 1.29 is 18.7 Å². The number of thiazole rings is 1. The van der Waals surface area contributed by atoms with Crippen LogP contribution in [0, 0.1) is 5.82 Å². The number of amides is 1. The van der Waals surface area contributed by atoms with Gasteiger partial charge in [0.05, 0.1) is 31.4 Å². The number of hydrogen-bond acceptors (Lipinski definition) is 7. The average molecular weight is 471 g/mol. The number of carbonyl (C=O) groups is 1. The quantitative estimate of drug-likeness (QED) is 0.370. The molecule has 164 valence electrons. The van der Waals surface area contributed by atoms with Gasteiger partial charge >= 0.3 is 0 Å². The Morgan fingerprint density at radius 3 is 2.88 bits per heavy atom. The van der Waals surface area contributed by atoms with E-state index in [1.807, 2.05) is 23.6 Å². The molecular weight excluding hydrogens is 451 g/mol. The number of methoxy groups -OCH3 is 2. The fourth-order valence-corrected chi connectivity index (χ4v) is 4.47. The van der Waals surface area contributed by atoms with Crippen molar-refractivity contribution in [1.29, 1.82) is 0 Å². The van der Waals surface area contributed by atoms with Crippen molar-refractivity contribution in [3.63, 3.8) is 0 Å². The number of benzene rings is 2. The fourth-order valence-electron chi connectivity index (χ4n) is 2.97. The van der Waals surface area contributed by atoms with Crippen molar-refractivity contribution in [3.05, 3.63) is 66.1 Å². The summed E-state index contributed by atoms with van der Waals surface area (Å²) in [6, 6.07) is 11.6. The topological polar surface area (TPSA) is 78.3 Å². The van der Waals surface area contributed by atoms with E-state index in [4.69, 9.17) is 9.47 Å². The fraction of sp³-hybridized carbons (Fsp3) is 0.136. The van der Waals surface area contributed by atoms with Gasteiger partial charge in [-0.15, -0.1) is 11.3 Å². The zero-order valence-corrected chi connectivity index (χ0v) is 18.9. The highest BCUT2D eigenvalue weighted by atomic mass is 32.2. The number of aromatic nitrogens is 3. The number of imidazole rings is 1. The third-order valence-corrected chi connectivity index (χ3v) is 6.18. The van der Waals surface area contributed by atoms with Crippen molar-refractivity contribution >= 4 is 34.1 Å². The second-order valence-electron chi connectivity index (χ2n) is 6.50. The van der Waals surface area contributed by atoms with Gasteiger partial charge in [0.2, 0.25) is 5.91 Å². The monoisotopic (exact) mass is 470 g/mol. The molecule has 0 aliphatic rings. The highest BCUT2D eigenvalue weighted by molar-refractivity contribution is 7.99. The molecule has 2 heterocycles. The summed E-state index contributed by atoms with van der Waals surface area (Å²) in [7, 11) is 3.18. The van der Waals surface area contributed by atoms with Gasteiger partial charge in [0, 0.05) is 23.3 Å². The molecule has 0 fully saturated rings. The third kappa shape index (κ3) is 4.92. The molecule has 10 heteroatoms. The van der Waals surface area contributed by atoms with Crippen LogP contribution in [0.3, 0.4) is 0 Å². The van der Waals surface area contributed by atoms with Gasteiger partial charge in [-0.05, 0) is 36.4 Å². The van der Waals surface area contributed by atoms with Crippen LogP contribution < -0.4 is 14.8 Å². The van der Waals surface area contributed by atoms with Crippen LogP contribution in [0.4, 0.5) is 9.52 Å². The summed E-state index contributed by atoms with van der Waals surface area (Å²) in [5.74, 6) is 0.918. The summed E-state index contributed by atoms with van der Waals surface area (Å²) in [5.41, 5.74) is 2.09. The molecule has 0 aliphatic carbocycles. The number of anilines is 1. The number of hydrogen-bond donors (Lipinski definition) is 1. The standard InChI is InChI=1S/C22H19FN4O3S2/c1-29-16-6-7-19(30-2)17(11-16)18-12-31-21(25-18)26-20(28)13-32-22-24-8-9-27(22)15-5-3-4-14(23)10-15/h3-12H,13H2,1-2H3,(H,25,26,28). The number of halogens is 1. The first kappa shape index (κ1) is 21.8. The lowest BCUT2D eigenvalue weighted by molar-refractivity contribution is -0.113. The smallest absolute Gasteiger partial charge is 0.236 e. The first-order valence-electron chi connectivity index (χ1n) is 9.47. The molecule has 0 saturated heterocycles. The van der Waals surface area contributed by atoms with Crippen molar-refractivity contribution in [2.45, 2.75) is 5.16 Å². The minimum absolute atomic E-state index is 0.129. The number of nitrogens with one attached hydrogen (secondary N) is 1. The van der Waals surface area contributed by atoms with E-state index in [9.17, 15) is 9.18 Å². The van der Waals surface area contributed by atoms with Crippen molar-refractivity contribution in [2.75, 3.05) is 25.3 Å². The van der Waals surface area contributed by atoms with E-state index in [0.717, 1.165) is 5.56 Å². The van der Waals surface area contributed by atoms with Crippen LogP contribution in [0.15, 0.2) is 65.4 Å². The minimum Gasteiger partial charge on any atom is -0.497 e. The van der Waals surface area contributed by atoms with Crippen molar-refractivity contribution in [3.8, 4) is 28.4 Å². The van der Waals surface area contributed by atoms with Crippen LogP contribution in [0.2, 0.25) is 0 Å². The Labute approximate surface area is 192 Å². The Morgan fingerprint density at radius 1 is 1.22 bits per heavy atom. The predicted octanol–water partition coefficient (Wildman–Crippen LogP) is 4.88. The van der Waals surface area contributed by atoms with Crippen molar-refractivity contribution in [1.82, 2.24) is 14.5 Å². The maximum absolute atomic E-state index is 13.5. The van der Waals surface area contributed by atoms with E-state index in [-0.39, 0.29) is 17.5 Å². The summed E-state index contributed by atoms with van der Waals surface area (Å²) < 4.78 is 26.0. The molecule has 2 aromatic heterocycles. The number of ether oxygens (including phenoxy) is 2. The summed E-state index contributed by atoms with van der Waals surface area (Å²) in [4.78, 5) is 21.2. The van der Waals surface area contributed by atoms with E-state index in [1.54, 1.807) is 43.3 Å². The minimum atomic E-state index is -0.336. The molecule has 0 spiro atoms. The van der Waals surface area contributed by atoms with Crippen LogP contribution in [0.25, 0.3) is 16.9 Å². The van der Waals surface area contributed by atoms with E-state index in [2.05, 4.69) is 15.3 Å². The number of thioether (sulfide) groups is 1. The Hall–Kier alpha value is -3.37. The van der Waals surface area contributed by atoms with Crippen molar-refractivity contribution in [2.24, 2.45) is 0 Å². The van der Waals surface area contributed by atoms with Crippen LogP contribution in [0.5, 0.6) is 11.5 Å². The highest BCUT2D eigenvalue weighted by Crippen LogP contribution is 2.35. The van der Waals surface area contributed by atoms with E-state index in [1.165, 1.54) is 35.2 Å². The highest BCUT2D eigenvalue weighted by Gasteiger charge is 2.14. The second kappa shape index (κ2) is 9.84. The van der Waals surface area contributed by atoms with E-state index in [0.29, 0.717) is 33.2 Å². The lowest BCUT2D eigenvalue weighted by Gasteiger charge is -2.08. The van der Waals surface area contributed by atoms with Gasteiger partial charge in [-0.25, -0.2) is 14.4 Å². The zero-order chi connectivity index (χ0) is 22.5. The number of rotatable bonds is 8. The molecule has 4 rings (SSSR count). The van der Waals surface area contributed by atoms with Crippen LogP contribution in [0.1, 0.15) is 0 Å². The molecular formula is C22H19FN4O3S2. The third-order valence-electron chi connectivity index (χ3n) is 4.46. The largest absolute Gasteiger partial charge is 0.497 e. The van der Waals surface area contributed by atoms with Gasteiger partial charge < -0.3 is 14.8 Å². The van der Waals surface area contributed by atoms with Gasteiger partial charge in [-0.2, -0.15) is 0 Å². The van der Waals surface area contributed by atoms with Crippen LogP contribution >= 0.6 is 23.1 Å². The summed E-state index contributed by atoms with van der Waals surface area (Å²) in [5, 5.41) is 5.72. The van der Waals surface area contributed by atoms with Crippen LogP contribution in [-0.2, 0) is 4.79 Å². The number of carbonyl (C=O) groups excluding carboxylic acids is 1. The molecule has 1 N–H and O–H groups in total. The maximum atomic E-state index is 13.5. The predicted molar refractivity (Wildman–Crippen MR) is 124 cm³/mol. The molecule has 0 aliphatic heterocycles. The lowest BCUT2D eigenvalue weighted by atomic mass is 10.1. The zero-order valence-electron chi connectivity index (χ0n) is 17.2. The SMILES string of the molecule is COc1ccc(OC)c(-c2csc(NC(=O)CSc3nccn3-c3cccc(F)c3)n2)c1. The van der Waals surface area contributed by atoms with Gasteiger partial charge in [0.15, 0.2) is 10.3 Å². The molecule has 0 radical (unpaired) electrons. The second-order valence-corrected chi connectivity index (χ2v) is 8.30. The first-order valence-corrected chi connectivity index (χ1v) is 11.3. The molecule has 4 aromatic rings. The Morgan fingerprint density at radius 2 is 2.09 bits per heavy atom. The molecule has 32 heavy (non-hydrogen) atoms. The van der Waals surface area contributed by atoms with E-state index >= 15 is 0 Å². The lowest BCUT2D eigenvalue weighted by Crippen LogP contribution is -2.14.